The summed E-state index contributed by atoms with van der Waals surface area (Å²) in [5.74, 6) is -0.0296. The number of nitrogens with one attached hydrogen (secondary N) is 1. The molecule has 4 nitrogen and oxygen atoms in total. The van der Waals surface area contributed by atoms with E-state index >= 15 is 0 Å². The fourth-order valence-electron chi connectivity index (χ4n) is 2.64. The van der Waals surface area contributed by atoms with E-state index in [2.05, 4.69) is 22.4 Å². The molecule has 4 heteroatoms. The summed E-state index contributed by atoms with van der Waals surface area (Å²) in [5.41, 5.74) is 5.36. The van der Waals surface area contributed by atoms with Crippen molar-refractivity contribution in [3.8, 4) is 0 Å². The molecule has 0 spiro atoms. The Morgan fingerprint density at radius 3 is 2.28 bits per heavy atom. The lowest BCUT2D eigenvalue weighted by atomic mass is 10.0. The van der Waals surface area contributed by atoms with Crippen molar-refractivity contribution in [2.75, 3.05) is 0 Å². The number of hydrogen-bond donors (Lipinski definition) is 1. The Hall–Kier alpha value is -2.49. The molecule has 2 rings (SSSR count). The molecular weight excluding hydrogens is 310 g/mol. The summed E-state index contributed by atoms with van der Waals surface area (Å²) in [5, 5.41) is 4.38. The lowest BCUT2D eigenvalue weighted by Crippen LogP contribution is -2.20. The van der Waals surface area contributed by atoms with Crippen LogP contribution in [-0.2, 0) is 4.79 Å². The fraction of sp³-hybridized carbons (Fsp3) is 0.381. The molecule has 2 aromatic rings. The van der Waals surface area contributed by atoms with Crippen molar-refractivity contribution >= 4 is 11.6 Å². The van der Waals surface area contributed by atoms with Crippen LogP contribution in [0.3, 0.4) is 0 Å². The van der Waals surface area contributed by atoms with Gasteiger partial charge in [-0.3, -0.25) is 9.78 Å². The van der Waals surface area contributed by atoms with Crippen molar-refractivity contribution in [2.45, 2.75) is 51.9 Å². The van der Waals surface area contributed by atoms with E-state index in [4.69, 9.17) is 0 Å². The first kappa shape index (κ1) is 18.8. The zero-order valence-corrected chi connectivity index (χ0v) is 14.9. The molecule has 0 saturated carbocycles. The van der Waals surface area contributed by atoms with Crippen LogP contribution < -0.4 is 5.43 Å². The molecule has 0 bridgehead atoms. The molecule has 0 saturated heterocycles. The Balaban J connectivity index is 1.93. The van der Waals surface area contributed by atoms with Crippen LogP contribution in [0.1, 0.15) is 63.0 Å². The van der Waals surface area contributed by atoms with Crippen LogP contribution in [-0.4, -0.2) is 16.6 Å². The van der Waals surface area contributed by atoms with Gasteiger partial charge >= 0.3 is 0 Å². The predicted molar refractivity (Wildman–Crippen MR) is 102 cm³/mol. The molecule has 0 aliphatic rings. The van der Waals surface area contributed by atoms with Gasteiger partial charge in [0.1, 0.15) is 0 Å². The minimum atomic E-state index is -0.0296. The second-order valence-corrected chi connectivity index (χ2v) is 6.12. The number of aromatic nitrogens is 1. The molecule has 25 heavy (non-hydrogen) atoms. The third kappa shape index (κ3) is 6.87. The van der Waals surface area contributed by atoms with E-state index in [1.165, 1.54) is 25.7 Å². The van der Waals surface area contributed by atoms with Crippen LogP contribution in [0, 0.1) is 0 Å². The molecule has 1 heterocycles. The van der Waals surface area contributed by atoms with Gasteiger partial charge in [-0.2, -0.15) is 5.10 Å². The SMILES string of the molecule is CCCCCCCCC(=O)N/N=C(\c1ccccc1)c1ccncc1. The number of hydrogen-bond acceptors (Lipinski definition) is 3. The Morgan fingerprint density at radius 2 is 1.56 bits per heavy atom. The van der Waals surface area contributed by atoms with Crippen LogP contribution >= 0.6 is 0 Å². The van der Waals surface area contributed by atoms with E-state index in [0.29, 0.717) is 6.42 Å². The summed E-state index contributed by atoms with van der Waals surface area (Å²) in [6.07, 6.45) is 11.0. The Labute approximate surface area is 150 Å². The zero-order valence-electron chi connectivity index (χ0n) is 14.9. The minimum Gasteiger partial charge on any atom is -0.273 e. The molecule has 0 atom stereocenters. The van der Waals surface area contributed by atoms with E-state index in [0.717, 1.165) is 29.7 Å². The maximum atomic E-state index is 12.1. The molecule has 1 aromatic heterocycles. The maximum absolute atomic E-state index is 12.1. The molecule has 1 amide bonds. The highest BCUT2D eigenvalue weighted by Crippen LogP contribution is 2.10. The maximum Gasteiger partial charge on any atom is 0.240 e. The number of pyridine rings is 1. The summed E-state index contributed by atoms with van der Waals surface area (Å²) in [7, 11) is 0. The van der Waals surface area contributed by atoms with Gasteiger partial charge in [0.25, 0.3) is 0 Å². The first-order valence-electron chi connectivity index (χ1n) is 9.13. The zero-order chi connectivity index (χ0) is 17.7. The molecule has 0 unspecified atom stereocenters. The van der Waals surface area contributed by atoms with Gasteiger partial charge in [-0.05, 0) is 18.6 Å². The second kappa shape index (κ2) is 11.1. The third-order valence-electron chi connectivity index (χ3n) is 4.05. The number of hydrazone groups is 1. The van der Waals surface area contributed by atoms with Gasteiger partial charge < -0.3 is 0 Å². The van der Waals surface area contributed by atoms with Gasteiger partial charge in [0.2, 0.25) is 5.91 Å². The topological polar surface area (TPSA) is 54.4 Å². The number of unbranched alkanes of at least 4 members (excludes halogenated alkanes) is 5. The third-order valence-corrected chi connectivity index (χ3v) is 4.05. The lowest BCUT2D eigenvalue weighted by Gasteiger charge is -2.08. The predicted octanol–water partition coefficient (Wildman–Crippen LogP) is 4.70. The highest BCUT2D eigenvalue weighted by Gasteiger charge is 2.08. The lowest BCUT2D eigenvalue weighted by molar-refractivity contribution is -0.121. The Morgan fingerprint density at radius 1 is 0.920 bits per heavy atom. The summed E-state index contributed by atoms with van der Waals surface area (Å²) >= 11 is 0. The molecule has 0 radical (unpaired) electrons. The fourth-order valence-corrected chi connectivity index (χ4v) is 2.64. The van der Waals surface area contributed by atoms with E-state index < -0.39 is 0 Å². The van der Waals surface area contributed by atoms with Gasteiger partial charge in [0.05, 0.1) is 5.71 Å². The van der Waals surface area contributed by atoms with Crippen LogP contribution in [0.15, 0.2) is 60.0 Å². The number of amides is 1. The molecule has 0 fully saturated rings. The highest BCUT2D eigenvalue weighted by molar-refractivity contribution is 6.13. The Bertz CT molecular complexity index is 612. The number of nitrogens with zero attached hydrogens (tertiary/aromatic N) is 2. The van der Waals surface area contributed by atoms with E-state index in [1.54, 1.807) is 12.4 Å². The highest BCUT2D eigenvalue weighted by atomic mass is 16.2. The van der Waals surface area contributed by atoms with Crippen LogP contribution in [0.5, 0.6) is 0 Å². The van der Waals surface area contributed by atoms with Crippen molar-refractivity contribution in [1.82, 2.24) is 10.4 Å². The molecule has 1 N–H and O–H groups in total. The van der Waals surface area contributed by atoms with Gasteiger partial charge in [-0.25, -0.2) is 5.43 Å². The number of carbonyl (C=O) groups is 1. The number of rotatable bonds is 10. The summed E-state index contributed by atoms with van der Waals surface area (Å²) in [6, 6.07) is 13.6. The number of benzene rings is 1. The standard InChI is InChI=1S/C21H27N3O/c1-2-3-4-5-6-10-13-20(25)23-24-21(18-11-8-7-9-12-18)19-14-16-22-17-15-19/h7-9,11-12,14-17H,2-6,10,13H2,1H3,(H,23,25)/b24-21+. The van der Waals surface area contributed by atoms with Crippen molar-refractivity contribution in [1.29, 1.82) is 0 Å². The van der Waals surface area contributed by atoms with Crippen LogP contribution in [0.4, 0.5) is 0 Å². The van der Waals surface area contributed by atoms with E-state index in [9.17, 15) is 4.79 Å². The summed E-state index contributed by atoms with van der Waals surface area (Å²) in [4.78, 5) is 16.1. The largest absolute Gasteiger partial charge is 0.273 e. The van der Waals surface area contributed by atoms with Gasteiger partial charge in [-0.15, -0.1) is 0 Å². The average Bonchev–Trinajstić information content (AvgIpc) is 2.66. The van der Waals surface area contributed by atoms with Crippen molar-refractivity contribution < 1.29 is 4.79 Å². The monoisotopic (exact) mass is 337 g/mol. The van der Waals surface area contributed by atoms with Crippen molar-refractivity contribution in [2.24, 2.45) is 5.10 Å². The van der Waals surface area contributed by atoms with Crippen LogP contribution in [0.2, 0.25) is 0 Å². The second-order valence-electron chi connectivity index (χ2n) is 6.12. The van der Waals surface area contributed by atoms with Gasteiger partial charge in [0, 0.05) is 29.9 Å². The van der Waals surface area contributed by atoms with Gasteiger partial charge in [0.15, 0.2) is 0 Å². The normalized spacial score (nSPS) is 11.3. The molecule has 1 aromatic carbocycles. The molecule has 132 valence electrons. The average molecular weight is 337 g/mol. The van der Waals surface area contributed by atoms with Crippen molar-refractivity contribution in [3.63, 3.8) is 0 Å². The van der Waals surface area contributed by atoms with E-state index in [1.807, 2.05) is 42.5 Å². The quantitative estimate of drug-likeness (QED) is 0.388. The van der Waals surface area contributed by atoms with Crippen LogP contribution in [0.25, 0.3) is 0 Å². The summed E-state index contributed by atoms with van der Waals surface area (Å²) < 4.78 is 0. The molecule has 0 aliphatic heterocycles. The smallest absolute Gasteiger partial charge is 0.240 e. The first-order chi connectivity index (χ1) is 12.3. The summed E-state index contributed by atoms with van der Waals surface area (Å²) in [6.45, 7) is 2.21. The number of carbonyl (C=O) groups excluding carboxylic acids is 1. The van der Waals surface area contributed by atoms with Crippen molar-refractivity contribution in [3.05, 3.63) is 66.0 Å². The first-order valence-corrected chi connectivity index (χ1v) is 9.13. The molecular formula is C21H27N3O. The minimum absolute atomic E-state index is 0.0296. The molecule has 0 aliphatic carbocycles. The Kier molecular flexibility index (Phi) is 8.39. The van der Waals surface area contributed by atoms with Gasteiger partial charge in [-0.1, -0.05) is 69.4 Å². The van der Waals surface area contributed by atoms with E-state index in [-0.39, 0.29) is 5.91 Å².